The second-order valence-corrected chi connectivity index (χ2v) is 6.24. The molecule has 0 unspecified atom stereocenters. The fourth-order valence-corrected chi connectivity index (χ4v) is 3.43. The third-order valence-corrected chi connectivity index (χ3v) is 4.50. The Morgan fingerprint density at radius 1 is 1.35 bits per heavy atom. The molecule has 1 saturated heterocycles. The molecule has 4 nitrogen and oxygen atoms in total. The summed E-state index contributed by atoms with van der Waals surface area (Å²) in [4.78, 5) is 23.6. The Bertz CT molecular complexity index is 546. The third kappa shape index (κ3) is 3.07. The van der Waals surface area contributed by atoms with Crippen molar-refractivity contribution in [2.75, 3.05) is 11.5 Å². The van der Waals surface area contributed by atoms with Crippen molar-refractivity contribution in [3.05, 3.63) is 34.6 Å². The highest BCUT2D eigenvalue weighted by molar-refractivity contribution is 7.99. The summed E-state index contributed by atoms with van der Waals surface area (Å²) < 4.78 is 13.6. The number of rotatable bonds is 3. The second-order valence-electron chi connectivity index (χ2n) is 4.58. The molecule has 1 aliphatic heterocycles. The lowest BCUT2D eigenvalue weighted by atomic mass is 9.92. The van der Waals surface area contributed by atoms with Crippen LogP contribution >= 0.6 is 23.4 Å². The normalized spacial score (nSPS) is 17.5. The Hall–Kier alpha value is -1.27. The molecule has 1 aromatic carbocycles. The van der Waals surface area contributed by atoms with Crippen molar-refractivity contribution in [1.82, 2.24) is 5.32 Å². The molecule has 0 aromatic heterocycles. The van der Waals surface area contributed by atoms with Crippen LogP contribution in [0.5, 0.6) is 0 Å². The van der Waals surface area contributed by atoms with Crippen LogP contribution in [0.4, 0.5) is 4.39 Å². The number of carbonyl (C=O) groups is 2. The average Bonchev–Trinajstić information content (AvgIpc) is 2.42. The molecule has 0 aliphatic carbocycles. The van der Waals surface area contributed by atoms with Crippen molar-refractivity contribution in [1.29, 1.82) is 0 Å². The molecule has 108 valence electrons. The molecule has 0 spiro atoms. The number of hydrogen-bond donors (Lipinski definition) is 2. The first-order chi connectivity index (χ1) is 9.44. The van der Waals surface area contributed by atoms with Gasteiger partial charge in [-0.3, -0.25) is 4.79 Å². The van der Waals surface area contributed by atoms with Crippen molar-refractivity contribution in [2.45, 2.75) is 18.4 Å². The zero-order valence-corrected chi connectivity index (χ0v) is 12.1. The lowest BCUT2D eigenvalue weighted by Crippen LogP contribution is -2.56. The number of hydrogen-bond acceptors (Lipinski definition) is 3. The number of halogens is 2. The molecule has 1 aromatic rings. The molecular formula is C13H13ClFNO3S. The minimum Gasteiger partial charge on any atom is -0.480 e. The summed E-state index contributed by atoms with van der Waals surface area (Å²) in [6.07, 6.45) is 0.641. The maximum Gasteiger partial charge on any atom is 0.329 e. The average molecular weight is 318 g/mol. The van der Waals surface area contributed by atoms with Crippen molar-refractivity contribution < 1.29 is 19.1 Å². The Morgan fingerprint density at radius 2 is 2.00 bits per heavy atom. The van der Waals surface area contributed by atoms with E-state index < -0.39 is 23.2 Å². The van der Waals surface area contributed by atoms with E-state index in [1.54, 1.807) is 11.8 Å². The van der Waals surface area contributed by atoms with E-state index in [1.165, 1.54) is 12.1 Å². The maximum absolute atomic E-state index is 13.6. The Kier molecular flexibility index (Phi) is 4.55. The topological polar surface area (TPSA) is 66.4 Å². The fraction of sp³-hybridized carbons (Fsp3) is 0.385. The van der Waals surface area contributed by atoms with Crippen LogP contribution in [-0.4, -0.2) is 34.0 Å². The summed E-state index contributed by atoms with van der Waals surface area (Å²) in [6, 6.07) is 3.61. The van der Waals surface area contributed by atoms with E-state index in [4.69, 9.17) is 11.6 Å². The number of aliphatic carboxylic acids is 1. The number of benzene rings is 1. The first-order valence-corrected chi connectivity index (χ1v) is 7.56. The van der Waals surface area contributed by atoms with Gasteiger partial charge in [0.05, 0.1) is 5.56 Å². The van der Waals surface area contributed by atoms with E-state index in [1.807, 2.05) is 0 Å². The van der Waals surface area contributed by atoms with Crippen molar-refractivity contribution >= 4 is 35.2 Å². The van der Waals surface area contributed by atoms with Gasteiger partial charge >= 0.3 is 5.97 Å². The first kappa shape index (κ1) is 15.1. The molecule has 0 atom stereocenters. The largest absolute Gasteiger partial charge is 0.480 e. The van der Waals surface area contributed by atoms with E-state index in [0.717, 1.165) is 6.07 Å². The molecule has 1 amide bonds. The van der Waals surface area contributed by atoms with Crippen molar-refractivity contribution in [3.8, 4) is 0 Å². The van der Waals surface area contributed by atoms with Gasteiger partial charge in [-0.05, 0) is 42.5 Å². The van der Waals surface area contributed by atoms with Gasteiger partial charge in [-0.15, -0.1) is 0 Å². The van der Waals surface area contributed by atoms with Gasteiger partial charge in [0.15, 0.2) is 0 Å². The summed E-state index contributed by atoms with van der Waals surface area (Å²) >= 11 is 7.37. The van der Waals surface area contributed by atoms with Crippen LogP contribution in [0.25, 0.3) is 0 Å². The third-order valence-electron chi connectivity index (χ3n) is 3.28. The summed E-state index contributed by atoms with van der Waals surface area (Å²) in [5.41, 5.74) is -1.56. The number of amides is 1. The van der Waals surface area contributed by atoms with Gasteiger partial charge < -0.3 is 10.4 Å². The molecule has 0 bridgehead atoms. The minimum atomic E-state index is -1.32. The maximum atomic E-state index is 13.6. The zero-order valence-electron chi connectivity index (χ0n) is 10.5. The minimum absolute atomic E-state index is 0.222. The van der Waals surface area contributed by atoms with E-state index >= 15 is 0 Å². The lowest BCUT2D eigenvalue weighted by molar-refractivity contribution is -0.144. The predicted molar refractivity (Wildman–Crippen MR) is 75.8 cm³/mol. The molecule has 0 saturated carbocycles. The highest BCUT2D eigenvalue weighted by atomic mass is 35.5. The van der Waals surface area contributed by atoms with Gasteiger partial charge in [0, 0.05) is 5.02 Å². The van der Waals surface area contributed by atoms with Gasteiger partial charge in [-0.25, -0.2) is 9.18 Å². The number of thioether (sulfide) groups is 1. The fourth-order valence-electron chi connectivity index (χ4n) is 2.07. The molecule has 0 radical (unpaired) electrons. The Balaban J connectivity index is 2.24. The van der Waals surface area contributed by atoms with Gasteiger partial charge in [-0.1, -0.05) is 11.6 Å². The standard InChI is InChI=1S/C13H13ClFNO3S/c14-8-1-2-10(15)9(7-8)11(17)16-13(12(18)19)3-5-20-6-4-13/h1-2,7H,3-6H2,(H,16,17)(H,18,19). The summed E-state index contributed by atoms with van der Waals surface area (Å²) in [6.45, 7) is 0. The highest BCUT2D eigenvalue weighted by Crippen LogP contribution is 2.28. The first-order valence-electron chi connectivity index (χ1n) is 6.03. The van der Waals surface area contributed by atoms with Gasteiger partial charge in [-0.2, -0.15) is 11.8 Å². The highest BCUT2D eigenvalue weighted by Gasteiger charge is 2.41. The van der Waals surface area contributed by atoms with Crippen molar-refractivity contribution in [3.63, 3.8) is 0 Å². The number of nitrogens with one attached hydrogen (secondary N) is 1. The quantitative estimate of drug-likeness (QED) is 0.899. The monoisotopic (exact) mass is 317 g/mol. The second kappa shape index (κ2) is 6.01. The lowest BCUT2D eigenvalue weighted by Gasteiger charge is -2.33. The van der Waals surface area contributed by atoms with Gasteiger partial charge in [0.25, 0.3) is 5.91 Å². The van der Waals surface area contributed by atoms with E-state index in [9.17, 15) is 19.1 Å². The molecule has 1 fully saturated rings. The number of carboxylic acid groups (broad SMARTS) is 1. The number of carboxylic acids is 1. The molecule has 2 rings (SSSR count). The van der Waals surface area contributed by atoms with Gasteiger partial charge in [0.2, 0.25) is 0 Å². The van der Waals surface area contributed by atoms with E-state index in [-0.39, 0.29) is 10.6 Å². The van der Waals surface area contributed by atoms with Gasteiger partial charge in [0.1, 0.15) is 11.4 Å². The summed E-state index contributed by atoms with van der Waals surface area (Å²) in [5.74, 6) is -1.28. The Morgan fingerprint density at radius 3 is 2.60 bits per heavy atom. The van der Waals surface area contributed by atoms with Crippen LogP contribution in [0.3, 0.4) is 0 Å². The van der Waals surface area contributed by atoms with Crippen LogP contribution in [0.15, 0.2) is 18.2 Å². The zero-order chi connectivity index (χ0) is 14.8. The smallest absolute Gasteiger partial charge is 0.329 e. The number of carbonyl (C=O) groups excluding carboxylic acids is 1. The molecule has 2 N–H and O–H groups in total. The molecule has 1 aliphatic rings. The predicted octanol–water partition coefficient (Wildman–Crippen LogP) is 2.56. The van der Waals surface area contributed by atoms with Crippen LogP contribution in [-0.2, 0) is 4.79 Å². The van der Waals surface area contributed by atoms with Crippen molar-refractivity contribution in [2.24, 2.45) is 0 Å². The van der Waals surface area contributed by atoms with E-state index in [0.29, 0.717) is 24.3 Å². The molecule has 1 heterocycles. The Labute approximate surface area is 124 Å². The van der Waals surface area contributed by atoms with Crippen LogP contribution in [0.2, 0.25) is 5.02 Å². The molecular weight excluding hydrogens is 305 g/mol. The SMILES string of the molecule is O=C(NC1(C(=O)O)CCSCC1)c1cc(Cl)ccc1F. The van der Waals surface area contributed by atoms with Crippen LogP contribution in [0, 0.1) is 5.82 Å². The molecule has 7 heteroatoms. The van der Waals surface area contributed by atoms with E-state index in [2.05, 4.69) is 5.32 Å². The van der Waals surface area contributed by atoms with Crippen LogP contribution in [0.1, 0.15) is 23.2 Å². The van der Waals surface area contributed by atoms with Crippen LogP contribution < -0.4 is 5.32 Å². The molecule has 20 heavy (non-hydrogen) atoms. The summed E-state index contributed by atoms with van der Waals surface area (Å²) in [7, 11) is 0. The summed E-state index contributed by atoms with van der Waals surface area (Å²) in [5, 5.41) is 12.1.